The highest BCUT2D eigenvalue weighted by Gasteiger charge is 2.23. The first-order valence-electron chi connectivity index (χ1n) is 21.8. The molecule has 0 aromatic rings. The molecular formula is C46H83N2O6P. The van der Waals surface area contributed by atoms with Gasteiger partial charge in [-0.05, 0) is 70.6 Å². The number of amides is 1. The molecule has 0 saturated heterocycles. The number of phosphoric acid groups is 1. The number of carbonyl (C=O) groups is 1. The van der Waals surface area contributed by atoms with Crippen molar-refractivity contribution >= 4 is 13.7 Å². The molecule has 3 unspecified atom stereocenters. The molecule has 2 N–H and O–H groups in total. The van der Waals surface area contributed by atoms with Crippen molar-refractivity contribution in [2.24, 2.45) is 0 Å². The lowest BCUT2D eigenvalue weighted by atomic mass is 10.1. The molecule has 0 aromatic carbocycles. The van der Waals surface area contributed by atoms with Gasteiger partial charge in [0.1, 0.15) is 13.2 Å². The van der Waals surface area contributed by atoms with E-state index in [0.29, 0.717) is 17.4 Å². The summed E-state index contributed by atoms with van der Waals surface area (Å²) >= 11 is 0. The maximum Gasteiger partial charge on any atom is 0.268 e. The number of carbonyl (C=O) groups excluding carboxylic acids is 1. The Morgan fingerprint density at radius 2 is 1.13 bits per heavy atom. The molecule has 0 aliphatic rings. The Labute approximate surface area is 338 Å². The number of likely N-dealkylation sites (N-methyl/N-ethyl adjacent to an activating group) is 1. The third kappa shape index (κ3) is 40.0. The summed E-state index contributed by atoms with van der Waals surface area (Å²) in [6.07, 6.45) is 49.5. The average Bonchev–Trinajstić information content (AvgIpc) is 3.13. The number of nitrogens with one attached hydrogen (secondary N) is 1. The summed E-state index contributed by atoms with van der Waals surface area (Å²) in [6, 6.07) is -0.909. The van der Waals surface area contributed by atoms with Gasteiger partial charge in [0.15, 0.2) is 0 Å². The van der Waals surface area contributed by atoms with E-state index in [1.807, 2.05) is 27.2 Å². The largest absolute Gasteiger partial charge is 0.756 e. The molecule has 0 saturated carbocycles. The van der Waals surface area contributed by atoms with Gasteiger partial charge in [-0.2, -0.15) is 0 Å². The van der Waals surface area contributed by atoms with Crippen molar-refractivity contribution < 1.29 is 32.9 Å². The molecule has 318 valence electrons. The first-order valence-corrected chi connectivity index (χ1v) is 23.3. The summed E-state index contributed by atoms with van der Waals surface area (Å²) in [5.41, 5.74) is 0. The summed E-state index contributed by atoms with van der Waals surface area (Å²) in [5.74, 6) is -0.221. The van der Waals surface area contributed by atoms with Gasteiger partial charge in [-0.25, -0.2) is 0 Å². The van der Waals surface area contributed by atoms with Gasteiger partial charge in [0, 0.05) is 6.42 Å². The molecule has 0 spiro atoms. The number of hydrogen-bond donors (Lipinski definition) is 2. The zero-order valence-electron chi connectivity index (χ0n) is 35.9. The highest BCUT2D eigenvalue weighted by atomic mass is 31.2. The number of allylic oxidation sites excluding steroid dienone is 11. The van der Waals surface area contributed by atoms with Crippen LogP contribution in [0.1, 0.15) is 162 Å². The van der Waals surface area contributed by atoms with E-state index >= 15 is 0 Å². The smallest absolute Gasteiger partial charge is 0.268 e. The molecule has 1 amide bonds. The third-order valence-electron chi connectivity index (χ3n) is 9.15. The fourth-order valence-corrected chi connectivity index (χ4v) is 6.41. The number of hydrogen-bond acceptors (Lipinski definition) is 6. The van der Waals surface area contributed by atoms with E-state index in [9.17, 15) is 19.4 Å². The van der Waals surface area contributed by atoms with Crippen molar-refractivity contribution in [1.82, 2.24) is 5.32 Å². The van der Waals surface area contributed by atoms with Crippen LogP contribution in [-0.2, 0) is 18.4 Å². The van der Waals surface area contributed by atoms with Crippen LogP contribution in [0.15, 0.2) is 72.9 Å². The third-order valence-corrected chi connectivity index (χ3v) is 10.1. The predicted molar refractivity (Wildman–Crippen MR) is 233 cm³/mol. The molecule has 0 aromatic heterocycles. The van der Waals surface area contributed by atoms with Crippen LogP contribution in [-0.4, -0.2) is 68.5 Å². The highest BCUT2D eigenvalue weighted by molar-refractivity contribution is 7.45. The fraction of sp³-hybridized carbons (Fsp3) is 0.717. The van der Waals surface area contributed by atoms with Gasteiger partial charge in [-0.3, -0.25) is 9.36 Å². The molecule has 55 heavy (non-hydrogen) atoms. The lowest BCUT2D eigenvalue weighted by Gasteiger charge is -2.29. The first-order chi connectivity index (χ1) is 26.5. The quantitative estimate of drug-likeness (QED) is 0.0279. The molecule has 0 radical (unpaired) electrons. The van der Waals surface area contributed by atoms with Crippen molar-refractivity contribution in [2.75, 3.05) is 40.9 Å². The summed E-state index contributed by atoms with van der Waals surface area (Å²) < 4.78 is 23.1. The summed E-state index contributed by atoms with van der Waals surface area (Å²) in [6.45, 7) is 4.46. The molecule has 8 nitrogen and oxygen atoms in total. The average molecular weight is 791 g/mol. The van der Waals surface area contributed by atoms with Crippen LogP contribution in [0.25, 0.3) is 0 Å². The first kappa shape index (κ1) is 52.9. The zero-order chi connectivity index (χ0) is 40.7. The minimum atomic E-state index is -4.60. The van der Waals surface area contributed by atoms with Crippen molar-refractivity contribution in [3.8, 4) is 0 Å². The van der Waals surface area contributed by atoms with Crippen LogP contribution in [0, 0.1) is 0 Å². The molecule has 0 fully saturated rings. The van der Waals surface area contributed by atoms with E-state index in [1.165, 1.54) is 64.2 Å². The maximum atomic E-state index is 12.8. The number of unbranched alkanes of at least 4 members (excludes halogenated alkanes) is 15. The van der Waals surface area contributed by atoms with Gasteiger partial charge in [0.05, 0.1) is 39.9 Å². The summed E-state index contributed by atoms with van der Waals surface area (Å²) in [4.78, 5) is 25.3. The highest BCUT2D eigenvalue weighted by Crippen LogP contribution is 2.38. The molecule has 0 bridgehead atoms. The van der Waals surface area contributed by atoms with E-state index in [1.54, 1.807) is 6.08 Å². The van der Waals surface area contributed by atoms with Gasteiger partial charge in [0.2, 0.25) is 5.91 Å². The van der Waals surface area contributed by atoms with Crippen molar-refractivity contribution in [2.45, 2.75) is 174 Å². The molecule has 0 aliphatic heterocycles. The van der Waals surface area contributed by atoms with Gasteiger partial charge < -0.3 is 28.8 Å². The minimum absolute atomic E-state index is 0.0117. The Morgan fingerprint density at radius 3 is 1.69 bits per heavy atom. The van der Waals surface area contributed by atoms with Crippen LogP contribution >= 0.6 is 7.82 Å². The fourth-order valence-electron chi connectivity index (χ4n) is 5.69. The molecule has 0 aliphatic carbocycles. The number of nitrogens with zero attached hydrogens (tertiary/aromatic N) is 1. The van der Waals surface area contributed by atoms with E-state index < -0.39 is 26.6 Å². The predicted octanol–water partition coefficient (Wildman–Crippen LogP) is 11.4. The standard InChI is InChI=1S/C46H83N2O6P/c1-6-8-10-12-14-16-18-20-21-22-23-24-25-26-27-28-30-32-34-36-38-40-46(50)47-44(43-54-55(51,52)53-42-41-48(3,4)5)45(49)39-37-35-33-31-29-19-17-15-13-11-9-7-2/h8,10,14,16,20-21,23-24,29,31,37,39,44-45,49H,6-7,9,11-13,15,17-19,22,25-28,30,32-36,38,40-43H2,1-5H3,(H-,47,50,51,52)/b10-8-,16-14-,21-20-,24-23-,31-29+,39-37+. The number of rotatable bonds is 38. The molecule has 9 heteroatoms. The summed E-state index contributed by atoms with van der Waals surface area (Å²) in [7, 11) is 1.22. The maximum absolute atomic E-state index is 12.8. The van der Waals surface area contributed by atoms with Crippen LogP contribution in [0.4, 0.5) is 0 Å². The summed E-state index contributed by atoms with van der Waals surface area (Å²) in [5, 5.41) is 13.7. The van der Waals surface area contributed by atoms with Crippen molar-refractivity contribution in [3.05, 3.63) is 72.9 Å². The van der Waals surface area contributed by atoms with Gasteiger partial charge >= 0.3 is 0 Å². The van der Waals surface area contributed by atoms with Crippen LogP contribution < -0.4 is 10.2 Å². The SMILES string of the molecule is CC/C=C\C/C=C\C/C=C\C/C=C\CCCCCCCCCCC(=O)NC(COP(=O)([O-])OCC[N+](C)(C)C)C(O)/C=C/CC/C=C/CCCCCCCC. The van der Waals surface area contributed by atoms with Crippen LogP contribution in [0.2, 0.25) is 0 Å². The van der Waals surface area contributed by atoms with Gasteiger partial charge in [-0.1, -0.05) is 157 Å². The Bertz CT molecular complexity index is 1120. The Kier molecular flexibility index (Phi) is 36.1. The second kappa shape index (κ2) is 37.5. The normalized spacial score (nSPS) is 15.1. The van der Waals surface area contributed by atoms with E-state index in [0.717, 1.165) is 77.0 Å². The van der Waals surface area contributed by atoms with Gasteiger partial charge in [0.25, 0.3) is 7.82 Å². The Morgan fingerprint density at radius 1 is 0.655 bits per heavy atom. The molecule has 3 atom stereocenters. The molecular weight excluding hydrogens is 707 g/mol. The van der Waals surface area contributed by atoms with Crippen LogP contribution in [0.5, 0.6) is 0 Å². The minimum Gasteiger partial charge on any atom is -0.756 e. The number of phosphoric ester groups is 1. The zero-order valence-corrected chi connectivity index (χ0v) is 36.7. The van der Waals surface area contributed by atoms with E-state index in [-0.39, 0.29) is 12.5 Å². The topological polar surface area (TPSA) is 108 Å². The number of aliphatic hydroxyl groups is 1. The van der Waals surface area contributed by atoms with Crippen LogP contribution in [0.3, 0.4) is 0 Å². The van der Waals surface area contributed by atoms with E-state index in [4.69, 9.17) is 9.05 Å². The number of quaternary nitrogens is 1. The second-order valence-corrected chi connectivity index (χ2v) is 17.1. The van der Waals surface area contributed by atoms with Crippen molar-refractivity contribution in [3.63, 3.8) is 0 Å². The number of aliphatic hydroxyl groups excluding tert-OH is 1. The molecule has 0 heterocycles. The monoisotopic (exact) mass is 791 g/mol. The lowest BCUT2D eigenvalue weighted by molar-refractivity contribution is -0.870. The molecule has 0 rings (SSSR count). The lowest BCUT2D eigenvalue weighted by Crippen LogP contribution is -2.45. The van der Waals surface area contributed by atoms with Gasteiger partial charge in [-0.15, -0.1) is 0 Å². The Balaban J connectivity index is 4.43. The second-order valence-electron chi connectivity index (χ2n) is 15.7. The van der Waals surface area contributed by atoms with Crippen molar-refractivity contribution in [1.29, 1.82) is 0 Å². The van der Waals surface area contributed by atoms with E-state index in [2.05, 4.69) is 79.9 Å². The Hall–Kier alpha value is -2.06.